The molecule has 0 bridgehead atoms. The highest BCUT2D eigenvalue weighted by Gasteiger charge is 2.04. The smallest absolute Gasteiger partial charge is 0.250 e. The molecule has 0 fully saturated rings. The van der Waals surface area contributed by atoms with E-state index in [0.29, 0.717) is 6.66 Å². The Labute approximate surface area is 28.6 Å². The Hall–Kier alpha value is 0.0900. The van der Waals surface area contributed by atoms with E-state index >= 15 is 0 Å². The van der Waals surface area contributed by atoms with Crippen LogP contribution in [0.5, 0.6) is 0 Å². The van der Waals surface area contributed by atoms with Gasteiger partial charge in [-0.15, -0.1) is 0 Å². The Bertz CT molecular complexity index is 55.8. The Morgan fingerprint density at radius 1 is 1.60 bits per heavy atom. The summed E-state index contributed by atoms with van der Waals surface area (Å²) in [6.07, 6.45) is 0. The van der Waals surface area contributed by atoms with E-state index in [1.807, 2.05) is 0 Å². The molecule has 0 unspecified atom stereocenters. The molecule has 0 amide bonds. The summed E-state index contributed by atoms with van der Waals surface area (Å²) in [6, 6.07) is 0. The number of rotatable bonds is 0. The molecular formula is CH3F2OP. The highest BCUT2D eigenvalue weighted by molar-refractivity contribution is 7.52. The first-order valence-electron chi connectivity index (χ1n) is 0.968. The molecular weight excluding hydrogens is 97.0 g/mol. The molecule has 0 N–H and O–H groups in total. The van der Waals surface area contributed by atoms with Crippen molar-refractivity contribution in [2.75, 3.05) is 6.66 Å². The molecule has 0 aliphatic heterocycles. The molecule has 0 saturated carbocycles. The van der Waals surface area contributed by atoms with Crippen LogP contribution in [0.15, 0.2) is 0 Å². The molecule has 5 heavy (non-hydrogen) atoms. The van der Waals surface area contributed by atoms with E-state index < -0.39 is 7.76 Å². The maximum Gasteiger partial charge on any atom is 0.399 e. The van der Waals surface area contributed by atoms with Crippen LogP contribution < -0.4 is 0 Å². The van der Waals surface area contributed by atoms with Crippen molar-refractivity contribution in [3.05, 3.63) is 0 Å². The Morgan fingerprint density at radius 2 is 1.60 bits per heavy atom. The molecule has 0 aliphatic carbocycles. The molecule has 0 spiro atoms. The lowest BCUT2D eigenvalue weighted by molar-refractivity contribution is 0.502. The van der Waals surface area contributed by atoms with Gasteiger partial charge in [0.25, 0.3) is 0 Å². The zero-order valence-corrected chi connectivity index (χ0v) is 3.51. The summed E-state index contributed by atoms with van der Waals surface area (Å²) in [7, 11) is -4.64. The number of halogens is 2. The van der Waals surface area contributed by atoms with Crippen molar-refractivity contribution in [2.24, 2.45) is 0 Å². The molecule has 0 aromatic heterocycles. The van der Waals surface area contributed by atoms with Crippen molar-refractivity contribution in [3.8, 4) is 0 Å². The van der Waals surface area contributed by atoms with Gasteiger partial charge in [-0.1, -0.05) is 0 Å². The minimum Gasteiger partial charge on any atom is -0.250 e. The molecule has 0 rings (SSSR count). The zero-order valence-electron chi connectivity index (χ0n) is 2.61. The third-order valence-corrected chi connectivity index (χ3v) is 0. The SMILES string of the molecule is CP(=O)(F)F. The largest absolute Gasteiger partial charge is 0.399 e. The van der Waals surface area contributed by atoms with Gasteiger partial charge in [0.15, 0.2) is 0 Å². The summed E-state index contributed by atoms with van der Waals surface area (Å²) in [5.41, 5.74) is 0. The fraction of sp³-hybridized carbons (Fsp3) is 1.00. The van der Waals surface area contributed by atoms with Crippen LogP contribution in [0, 0.1) is 0 Å². The summed E-state index contributed by atoms with van der Waals surface area (Å²) in [6.45, 7) is 0.410. The minimum atomic E-state index is -4.64. The van der Waals surface area contributed by atoms with Gasteiger partial charge in [0.05, 0.1) is 0 Å². The van der Waals surface area contributed by atoms with Crippen LogP contribution in [0.2, 0.25) is 0 Å². The van der Waals surface area contributed by atoms with Gasteiger partial charge in [-0.3, -0.25) is 4.57 Å². The van der Waals surface area contributed by atoms with Gasteiger partial charge in [-0.2, -0.15) is 8.39 Å². The topological polar surface area (TPSA) is 17.1 Å². The van der Waals surface area contributed by atoms with Crippen LogP contribution in [0.3, 0.4) is 0 Å². The van der Waals surface area contributed by atoms with E-state index in [1.54, 1.807) is 0 Å². The monoisotopic (exact) mass is 100.0 g/mol. The van der Waals surface area contributed by atoms with Crippen LogP contribution in [0.25, 0.3) is 0 Å². The Kier molecular flexibility index (Phi) is 1.07. The van der Waals surface area contributed by atoms with E-state index in [4.69, 9.17) is 4.57 Å². The van der Waals surface area contributed by atoms with Crippen LogP contribution in [0.4, 0.5) is 8.39 Å². The Morgan fingerprint density at radius 3 is 1.60 bits per heavy atom. The second-order valence-electron chi connectivity index (χ2n) is 0.723. The third-order valence-electron chi connectivity index (χ3n) is 0. The van der Waals surface area contributed by atoms with Gasteiger partial charge in [-0.05, 0) is 0 Å². The number of hydrogen-bond donors (Lipinski definition) is 0. The lowest BCUT2D eigenvalue weighted by Gasteiger charge is -1.75. The first-order valence-corrected chi connectivity index (χ1v) is 2.90. The molecule has 1 nitrogen and oxygen atoms in total. The molecule has 0 saturated heterocycles. The van der Waals surface area contributed by atoms with Crippen LogP contribution in [-0.2, 0) is 4.57 Å². The predicted octanol–water partition coefficient (Wildman–Crippen LogP) is 1.75. The highest BCUT2D eigenvalue weighted by atomic mass is 31.2. The Balaban J connectivity index is 3.47. The van der Waals surface area contributed by atoms with Crippen LogP contribution >= 0.6 is 7.76 Å². The fourth-order valence-electron chi connectivity index (χ4n) is 0. The average Bonchev–Trinajstić information content (AvgIpc) is 0.722. The van der Waals surface area contributed by atoms with Gasteiger partial charge in [0.1, 0.15) is 0 Å². The van der Waals surface area contributed by atoms with Gasteiger partial charge < -0.3 is 0 Å². The second-order valence-corrected chi connectivity index (χ2v) is 2.17. The summed E-state index contributed by atoms with van der Waals surface area (Å²) >= 11 is 0. The van der Waals surface area contributed by atoms with Gasteiger partial charge in [-0.25, -0.2) is 0 Å². The molecule has 0 aliphatic rings. The van der Waals surface area contributed by atoms with Crippen LogP contribution in [-0.4, -0.2) is 6.66 Å². The highest BCUT2D eigenvalue weighted by Crippen LogP contribution is 2.43. The van der Waals surface area contributed by atoms with E-state index in [-0.39, 0.29) is 0 Å². The van der Waals surface area contributed by atoms with Gasteiger partial charge in [0.2, 0.25) is 0 Å². The summed E-state index contributed by atoms with van der Waals surface area (Å²) < 4.78 is 30.0. The standard InChI is InChI=1S/CH3F2OP/c1-5(2,3)4/h1H3. The van der Waals surface area contributed by atoms with Crippen molar-refractivity contribution < 1.29 is 13.0 Å². The van der Waals surface area contributed by atoms with Crippen LogP contribution in [0.1, 0.15) is 0 Å². The quantitative estimate of drug-likeness (QED) is 0.424. The van der Waals surface area contributed by atoms with E-state index in [0.717, 1.165) is 0 Å². The minimum absolute atomic E-state index is 0.410. The summed E-state index contributed by atoms with van der Waals surface area (Å²) in [5, 5.41) is 0. The van der Waals surface area contributed by atoms with Crippen molar-refractivity contribution >= 4 is 7.76 Å². The zero-order chi connectivity index (χ0) is 4.50. The van der Waals surface area contributed by atoms with E-state index in [1.165, 1.54) is 0 Å². The van der Waals surface area contributed by atoms with Crippen molar-refractivity contribution in [2.45, 2.75) is 0 Å². The van der Waals surface area contributed by atoms with Crippen molar-refractivity contribution in [1.29, 1.82) is 0 Å². The van der Waals surface area contributed by atoms with Gasteiger partial charge >= 0.3 is 7.76 Å². The second kappa shape index (κ2) is 1.05. The first-order chi connectivity index (χ1) is 2.00. The number of hydrogen-bond acceptors (Lipinski definition) is 1. The lowest BCUT2D eigenvalue weighted by atomic mass is 12.0. The molecule has 32 valence electrons. The summed E-state index contributed by atoms with van der Waals surface area (Å²) in [4.78, 5) is 0. The first kappa shape index (κ1) is 5.09. The van der Waals surface area contributed by atoms with Crippen molar-refractivity contribution in [1.82, 2.24) is 0 Å². The predicted molar refractivity (Wildman–Crippen MR) is 15.7 cm³/mol. The molecule has 0 heterocycles. The molecule has 0 aromatic carbocycles. The molecule has 0 radical (unpaired) electrons. The average molecular weight is 100 g/mol. The maximum absolute atomic E-state index is 10.6. The molecule has 0 aromatic rings. The fourth-order valence-corrected chi connectivity index (χ4v) is 0. The summed E-state index contributed by atoms with van der Waals surface area (Å²) in [5.74, 6) is 0. The molecule has 4 heteroatoms. The maximum atomic E-state index is 10.6. The normalized spacial score (nSPS) is 11.8. The van der Waals surface area contributed by atoms with E-state index in [9.17, 15) is 8.39 Å². The van der Waals surface area contributed by atoms with E-state index in [2.05, 4.69) is 0 Å². The van der Waals surface area contributed by atoms with Gasteiger partial charge in [0, 0.05) is 6.66 Å². The third kappa shape index (κ3) is 2210. The lowest BCUT2D eigenvalue weighted by Crippen LogP contribution is -1.42. The molecule has 0 atom stereocenters. The van der Waals surface area contributed by atoms with Crippen molar-refractivity contribution in [3.63, 3.8) is 0 Å².